The molecule has 0 aliphatic carbocycles. The van der Waals surface area contributed by atoms with Crippen molar-refractivity contribution in [2.24, 2.45) is 0 Å². The van der Waals surface area contributed by atoms with Gasteiger partial charge in [-0.25, -0.2) is 0 Å². The maximum atomic E-state index is 10.4. The second-order valence-electron chi connectivity index (χ2n) is 6.78. The highest BCUT2D eigenvalue weighted by atomic mass is 16.5. The van der Waals surface area contributed by atoms with Crippen LogP contribution < -0.4 is 0 Å². The molecule has 0 aromatic rings. The van der Waals surface area contributed by atoms with E-state index in [1.54, 1.807) is 0 Å². The third kappa shape index (κ3) is 9.78. The molecule has 0 unspecified atom stereocenters. The molecule has 1 heterocycles. The number of carbonyl (C=O) groups is 1. The molecular formula is C20H34O5. The van der Waals surface area contributed by atoms with Crippen LogP contribution in [-0.2, 0) is 9.53 Å². The lowest BCUT2D eigenvalue weighted by molar-refractivity contribution is -0.137. The van der Waals surface area contributed by atoms with Gasteiger partial charge in [0.1, 0.15) is 0 Å². The lowest BCUT2D eigenvalue weighted by Crippen LogP contribution is -2.25. The fourth-order valence-corrected chi connectivity index (χ4v) is 2.96. The first-order valence-electron chi connectivity index (χ1n) is 9.58. The van der Waals surface area contributed by atoms with E-state index in [-0.39, 0.29) is 18.6 Å². The standard InChI is InChI=1S/C20H34O5/c1-2-3-4-5-6-10-13-18-17(22)15-19(25-18)16(21)12-9-7-8-11-14-20(23)24/h6-7,9-10,16-19,21-22H,2-5,8,11-15H2,1H3,(H,23,24)/b9-7-,10-6-/t16-,17-,18+,19+/m1/s1. The van der Waals surface area contributed by atoms with Crippen molar-refractivity contribution in [2.45, 2.75) is 95.5 Å². The molecular weight excluding hydrogens is 320 g/mol. The van der Waals surface area contributed by atoms with Gasteiger partial charge in [0.05, 0.1) is 24.4 Å². The van der Waals surface area contributed by atoms with Crippen molar-refractivity contribution in [2.75, 3.05) is 0 Å². The van der Waals surface area contributed by atoms with Crippen LogP contribution in [0.15, 0.2) is 24.3 Å². The number of ether oxygens (including phenoxy) is 1. The highest BCUT2D eigenvalue weighted by Gasteiger charge is 2.36. The van der Waals surface area contributed by atoms with Crippen LogP contribution in [0.5, 0.6) is 0 Å². The average Bonchev–Trinajstić information content (AvgIpc) is 2.94. The number of aliphatic hydroxyl groups is 2. The smallest absolute Gasteiger partial charge is 0.303 e. The monoisotopic (exact) mass is 354 g/mol. The molecule has 0 saturated carbocycles. The lowest BCUT2D eigenvalue weighted by atomic mass is 10.0. The number of aliphatic hydroxyl groups excluding tert-OH is 2. The molecule has 1 saturated heterocycles. The molecule has 5 nitrogen and oxygen atoms in total. The molecule has 1 fully saturated rings. The summed E-state index contributed by atoms with van der Waals surface area (Å²) >= 11 is 0. The van der Waals surface area contributed by atoms with Crippen LogP contribution >= 0.6 is 0 Å². The van der Waals surface area contributed by atoms with Crippen molar-refractivity contribution in [1.29, 1.82) is 0 Å². The van der Waals surface area contributed by atoms with Crippen molar-refractivity contribution >= 4 is 5.97 Å². The van der Waals surface area contributed by atoms with Gasteiger partial charge in [0, 0.05) is 12.8 Å². The summed E-state index contributed by atoms with van der Waals surface area (Å²) in [6.45, 7) is 2.18. The first-order chi connectivity index (χ1) is 12.0. The fraction of sp³-hybridized carbons (Fsp3) is 0.750. The molecule has 0 bridgehead atoms. The number of carboxylic acids is 1. The Morgan fingerprint density at radius 3 is 2.60 bits per heavy atom. The zero-order valence-electron chi connectivity index (χ0n) is 15.3. The number of allylic oxidation sites excluding steroid dienone is 2. The molecule has 1 aliphatic heterocycles. The molecule has 0 amide bonds. The minimum Gasteiger partial charge on any atom is -0.481 e. The van der Waals surface area contributed by atoms with Crippen LogP contribution in [0.4, 0.5) is 0 Å². The molecule has 144 valence electrons. The molecule has 4 atom stereocenters. The first kappa shape index (κ1) is 21.9. The summed E-state index contributed by atoms with van der Waals surface area (Å²) in [5.41, 5.74) is 0. The zero-order chi connectivity index (χ0) is 18.5. The molecule has 1 aliphatic rings. The number of unbranched alkanes of at least 4 members (excludes halogenated alkanes) is 4. The van der Waals surface area contributed by atoms with Crippen molar-refractivity contribution in [1.82, 2.24) is 0 Å². The molecule has 0 aromatic heterocycles. The van der Waals surface area contributed by atoms with Gasteiger partial charge in [-0.05, 0) is 38.5 Å². The maximum absolute atomic E-state index is 10.4. The van der Waals surface area contributed by atoms with Gasteiger partial charge in [0.25, 0.3) is 0 Å². The number of carboxylic acid groups (broad SMARTS) is 1. The van der Waals surface area contributed by atoms with Crippen LogP contribution in [0.2, 0.25) is 0 Å². The normalized spacial score (nSPS) is 25.2. The molecule has 3 N–H and O–H groups in total. The van der Waals surface area contributed by atoms with Crippen molar-refractivity contribution in [3.63, 3.8) is 0 Å². The van der Waals surface area contributed by atoms with Gasteiger partial charge in [-0.15, -0.1) is 0 Å². The zero-order valence-corrected chi connectivity index (χ0v) is 15.3. The predicted molar refractivity (Wildman–Crippen MR) is 98.4 cm³/mol. The predicted octanol–water partition coefficient (Wildman–Crippen LogP) is 3.59. The van der Waals surface area contributed by atoms with Crippen molar-refractivity contribution < 1.29 is 24.9 Å². The van der Waals surface area contributed by atoms with Crippen molar-refractivity contribution in [3.05, 3.63) is 24.3 Å². The van der Waals surface area contributed by atoms with E-state index in [0.717, 1.165) is 6.42 Å². The van der Waals surface area contributed by atoms with Gasteiger partial charge < -0.3 is 20.1 Å². The summed E-state index contributed by atoms with van der Waals surface area (Å²) < 4.78 is 5.81. The first-order valence-corrected chi connectivity index (χ1v) is 9.58. The summed E-state index contributed by atoms with van der Waals surface area (Å²) in [6, 6.07) is 0. The quantitative estimate of drug-likeness (QED) is 0.347. The molecule has 1 rings (SSSR count). The SMILES string of the molecule is CCCCC/C=C\C[C@@H]1O[C@H]([C@H](O)C/C=C\CCCC(=O)O)C[C@H]1O. The Hall–Kier alpha value is -1.17. The van der Waals surface area contributed by atoms with Gasteiger partial charge in [-0.2, -0.15) is 0 Å². The Kier molecular flexibility index (Phi) is 11.5. The van der Waals surface area contributed by atoms with E-state index in [1.165, 1.54) is 19.3 Å². The second-order valence-corrected chi connectivity index (χ2v) is 6.78. The van der Waals surface area contributed by atoms with Gasteiger partial charge in [-0.1, -0.05) is 44.1 Å². The Bertz CT molecular complexity index is 418. The molecule has 0 aromatic carbocycles. The summed E-state index contributed by atoms with van der Waals surface area (Å²) in [4.78, 5) is 10.4. The van der Waals surface area contributed by atoms with Crippen LogP contribution in [-0.4, -0.2) is 45.7 Å². The van der Waals surface area contributed by atoms with Crippen LogP contribution in [0.1, 0.15) is 71.1 Å². The van der Waals surface area contributed by atoms with Crippen LogP contribution in [0, 0.1) is 0 Å². The van der Waals surface area contributed by atoms with Crippen LogP contribution in [0.3, 0.4) is 0 Å². The minimum absolute atomic E-state index is 0.165. The van der Waals surface area contributed by atoms with E-state index in [4.69, 9.17) is 9.84 Å². The summed E-state index contributed by atoms with van der Waals surface area (Å²) in [5.74, 6) is -0.785. The minimum atomic E-state index is -0.785. The summed E-state index contributed by atoms with van der Waals surface area (Å²) in [6.07, 6.45) is 14.0. The Balaban J connectivity index is 2.22. The van der Waals surface area contributed by atoms with Gasteiger partial charge in [0.2, 0.25) is 0 Å². The van der Waals surface area contributed by atoms with E-state index >= 15 is 0 Å². The fourth-order valence-electron chi connectivity index (χ4n) is 2.96. The van der Waals surface area contributed by atoms with Gasteiger partial charge in [-0.3, -0.25) is 4.79 Å². The van der Waals surface area contributed by atoms with E-state index in [9.17, 15) is 15.0 Å². The Morgan fingerprint density at radius 1 is 1.16 bits per heavy atom. The largest absolute Gasteiger partial charge is 0.481 e. The second kappa shape index (κ2) is 13.1. The molecule has 0 spiro atoms. The third-order valence-corrected chi connectivity index (χ3v) is 4.50. The van der Waals surface area contributed by atoms with E-state index in [1.807, 2.05) is 12.2 Å². The molecule has 25 heavy (non-hydrogen) atoms. The topological polar surface area (TPSA) is 87.0 Å². The van der Waals surface area contributed by atoms with E-state index in [0.29, 0.717) is 32.1 Å². The highest BCUT2D eigenvalue weighted by molar-refractivity contribution is 5.66. The lowest BCUT2D eigenvalue weighted by Gasteiger charge is -2.17. The molecule has 5 heteroatoms. The summed E-state index contributed by atoms with van der Waals surface area (Å²) in [5, 5.41) is 28.9. The van der Waals surface area contributed by atoms with Gasteiger partial charge >= 0.3 is 5.97 Å². The number of hydrogen-bond acceptors (Lipinski definition) is 4. The Morgan fingerprint density at radius 2 is 1.88 bits per heavy atom. The van der Waals surface area contributed by atoms with E-state index < -0.39 is 18.2 Å². The Labute approximate surface area is 151 Å². The number of aliphatic carboxylic acids is 1. The molecule has 0 radical (unpaired) electrons. The van der Waals surface area contributed by atoms with E-state index in [2.05, 4.69) is 19.1 Å². The van der Waals surface area contributed by atoms with Crippen molar-refractivity contribution in [3.8, 4) is 0 Å². The average molecular weight is 354 g/mol. The summed E-state index contributed by atoms with van der Waals surface area (Å²) in [7, 11) is 0. The van der Waals surface area contributed by atoms with Gasteiger partial charge in [0.15, 0.2) is 0 Å². The number of hydrogen-bond donors (Lipinski definition) is 3. The third-order valence-electron chi connectivity index (χ3n) is 4.50. The van der Waals surface area contributed by atoms with Crippen LogP contribution in [0.25, 0.3) is 0 Å². The maximum Gasteiger partial charge on any atom is 0.303 e. The highest BCUT2D eigenvalue weighted by Crippen LogP contribution is 2.26. The number of rotatable bonds is 13.